The van der Waals surface area contributed by atoms with Crippen LogP contribution in [-0.4, -0.2) is 47.2 Å². The molecule has 1 unspecified atom stereocenters. The van der Waals surface area contributed by atoms with Crippen molar-refractivity contribution < 1.29 is 24.2 Å². The predicted octanol–water partition coefficient (Wildman–Crippen LogP) is 2.49. The summed E-state index contributed by atoms with van der Waals surface area (Å²) in [6.45, 7) is 6.40. The summed E-state index contributed by atoms with van der Waals surface area (Å²) in [5.74, 6) is 0.216. The number of carbonyl (C=O) groups excluding carboxylic acids is 1. The Morgan fingerprint density at radius 2 is 2.08 bits per heavy atom. The van der Waals surface area contributed by atoms with Gasteiger partial charge in [0.25, 0.3) is 5.91 Å². The lowest BCUT2D eigenvalue weighted by Gasteiger charge is -2.37. The van der Waals surface area contributed by atoms with E-state index in [0.29, 0.717) is 30.9 Å². The van der Waals surface area contributed by atoms with Crippen molar-refractivity contribution in [2.75, 3.05) is 19.7 Å². The second-order valence-corrected chi connectivity index (χ2v) is 7.86. The third kappa shape index (κ3) is 3.57. The molecule has 1 N–H and O–H groups in total. The number of carboxylic acid groups (broad SMARTS) is 1. The van der Waals surface area contributed by atoms with Gasteiger partial charge in [0.15, 0.2) is 18.1 Å². The summed E-state index contributed by atoms with van der Waals surface area (Å²) in [4.78, 5) is 25.5. The molecule has 0 aliphatic carbocycles. The predicted molar refractivity (Wildman–Crippen MR) is 91.9 cm³/mol. The third-order valence-electron chi connectivity index (χ3n) is 4.97. The van der Waals surface area contributed by atoms with Crippen LogP contribution in [0.15, 0.2) is 18.2 Å². The summed E-state index contributed by atoms with van der Waals surface area (Å²) in [7, 11) is 0. The number of amides is 1. The number of benzene rings is 1. The Morgan fingerprint density at radius 1 is 1.32 bits per heavy atom. The Hall–Kier alpha value is -2.24. The number of hydrogen-bond donors (Lipinski definition) is 1. The molecule has 6 heteroatoms. The number of para-hydroxylation sites is 1. The minimum atomic E-state index is -0.880. The van der Waals surface area contributed by atoms with Gasteiger partial charge < -0.3 is 19.5 Å². The molecule has 0 aromatic heterocycles. The molecule has 0 saturated carbocycles. The van der Waals surface area contributed by atoms with Crippen LogP contribution in [0.2, 0.25) is 0 Å². The molecule has 1 atom stereocenters. The molecule has 2 aliphatic rings. The van der Waals surface area contributed by atoms with E-state index >= 15 is 0 Å². The van der Waals surface area contributed by atoms with Crippen LogP contribution in [0.5, 0.6) is 11.5 Å². The van der Waals surface area contributed by atoms with Crippen molar-refractivity contribution in [2.45, 2.75) is 45.6 Å². The van der Waals surface area contributed by atoms with Crippen LogP contribution in [0.3, 0.4) is 0 Å². The Morgan fingerprint density at radius 3 is 2.80 bits per heavy atom. The summed E-state index contributed by atoms with van der Waals surface area (Å²) >= 11 is 0. The van der Waals surface area contributed by atoms with Crippen molar-refractivity contribution in [3.05, 3.63) is 23.8 Å². The van der Waals surface area contributed by atoms with E-state index in [0.717, 1.165) is 12.0 Å². The van der Waals surface area contributed by atoms with E-state index in [1.54, 1.807) is 17.9 Å². The molecular formula is C19H25NO5. The maximum Gasteiger partial charge on any atom is 0.311 e. The molecule has 136 valence electrons. The standard InChI is InChI=1S/C19H25NO5/c1-18(2)10-13-6-4-7-14(16(13)25-18)24-11-15(21)20-9-5-8-19(3,12-20)17(22)23/h4,6-7H,5,8-12H2,1-3H3,(H,22,23). The second-order valence-electron chi connectivity index (χ2n) is 7.86. The number of rotatable bonds is 4. The van der Waals surface area contributed by atoms with Crippen molar-refractivity contribution in [3.8, 4) is 11.5 Å². The highest BCUT2D eigenvalue weighted by Gasteiger charge is 2.39. The largest absolute Gasteiger partial charge is 0.483 e. The van der Waals surface area contributed by atoms with E-state index in [2.05, 4.69) is 0 Å². The molecule has 1 aromatic rings. The minimum absolute atomic E-state index is 0.115. The van der Waals surface area contributed by atoms with Crippen LogP contribution in [0.1, 0.15) is 39.2 Å². The molecule has 0 radical (unpaired) electrons. The molecule has 6 nitrogen and oxygen atoms in total. The number of hydrogen-bond acceptors (Lipinski definition) is 4. The molecule has 0 spiro atoms. The van der Waals surface area contributed by atoms with Crippen LogP contribution < -0.4 is 9.47 Å². The summed E-state index contributed by atoms with van der Waals surface area (Å²) in [5.41, 5.74) is -0.0804. The van der Waals surface area contributed by atoms with Gasteiger partial charge in [-0.3, -0.25) is 9.59 Å². The molecule has 3 rings (SSSR count). The Kier molecular flexibility index (Phi) is 4.39. The molecule has 2 heterocycles. The average Bonchev–Trinajstić information content (AvgIpc) is 2.86. The van der Waals surface area contributed by atoms with E-state index in [9.17, 15) is 14.7 Å². The normalized spacial score (nSPS) is 24.4. The van der Waals surface area contributed by atoms with E-state index in [-0.39, 0.29) is 24.7 Å². The number of piperidine rings is 1. The van der Waals surface area contributed by atoms with Gasteiger partial charge in [0.1, 0.15) is 5.60 Å². The van der Waals surface area contributed by atoms with Gasteiger partial charge >= 0.3 is 5.97 Å². The maximum absolute atomic E-state index is 12.5. The lowest BCUT2D eigenvalue weighted by Crippen LogP contribution is -2.49. The van der Waals surface area contributed by atoms with Gasteiger partial charge in [-0.05, 0) is 39.7 Å². The van der Waals surface area contributed by atoms with Crippen LogP contribution in [0.4, 0.5) is 0 Å². The zero-order valence-electron chi connectivity index (χ0n) is 15.0. The van der Waals surface area contributed by atoms with Crippen molar-refractivity contribution in [1.29, 1.82) is 0 Å². The first-order valence-corrected chi connectivity index (χ1v) is 8.65. The van der Waals surface area contributed by atoms with E-state index in [1.807, 2.05) is 26.0 Å². The van der Waals surface area contributed by atoms with Crippen LogP contribution in [0, 0.1) is 5.41 Å². The summed E-state index contributed by atoms with van der Waals surface area (Å²) in [5, 5.41) is 9.37. The number of fused-ring (bicyclic) bond motifs is 1. The fourth-order valence-corrected chi connectivity index (χ4v) is 3.56. The zero-order chi connectivity index (χ0) is 18.2. The number of carbonyl (C=O) groups is 2. The van der Waals surface area contributed by atoms with Gasteiger partial charge in [-0.1, -0.05) is 12.1 Å². The molecule has 25 heavy (non-hydrogen) atoms. The van der Waals surface area contributed by atoms with Crippen molar-refractivity contribution in [3.63, 3.8) is 0 Å². The second kappa shape index (κ2) is 6.24. The zero-order valence-corrected chi connectivity index (χ0v) is 15.0. The van der Waals surface area contributed by atoms with Crippen LogP contribution >= 0.6 is 0 Å². The van der Waals surface area contributed by atoms with Gasteiger partial charge in [0.2, 0.25) is 0 Å². The van der Waals surface area contributed by atoms with Crippen LogP contribution in [0.25, 0.3) is 0 Å². The average molecular weight is 347 g/mol. The molecular weight excluding hydrogens is 322 g/mol. The van der Waals surface area contributed by atoms with E-state index in [1.165, 1.54) is 0 Å². The lowest BCUT2D eigenvalue weighted by atomic mass is 9.82. The lowest BCUT2D eigenvalue weighted by molar-refractivity contribution is -0.153. The molecule has 0 bridgehead atoms. The van der Waals surface area contributed by atoms with Gasteiger partial charge in [0.05, 0.1) is 5.41 Å². The first-order valence-electron chi connectivity index (χ1n) is 8.65. The fraction of sp³-hybridized carbons (Fsp3) is 0.579. The van der Waals surface area contributed by atoms with Gasteiger partial charge in [-0.15, -0.1) is 0 Å². The third-order valence-corrected chi connectivity index (χ3v) is 4.97. The smallest absolute Gasteiger partial charge is 0.311 e. The highest BCUT2D eigenvalue weighted by molar-refractivity contribution is 5.80. The summed E-state index contributed by atoms with van der Waals surface area (Å²) in [6.07, 6.45) is 2.07. The summed E-state index contributed by atoms with van der Waals surface area (Å²) < 4.78 is 11.7. The monoisotopic (exact) mass is 347 g/mol. The van der Waals surface area contributed by atoms with Gasteiger partial charge in [0, 0.05) is 25.1 Å². The Bertz CT molecular complexity index is 699. The molecule has 1 amide bonds. The quantitative estimate of drug-likeness (QED) is 0.906. The number of carboxylic acids is 1. The number of likely N-dealkylation sites (tertiary alicyclic amines) is 1. The van der Waals surface area contributed by atoms with Crippen molar-refractivity contribution >= 4 is 11.9 Å². The van der Waals surface area contributed by atoms with E-state index < -0.39 is 11.4 Å². The minimum Gasteiger partial charge on any atom is -0.483 e. The number of ether oxygens (including phenoxy) is 2. The highest BCUT2D eigenvalue weighted by atomic mass is 16.5. The number of nitrogens with zero attached hydrogens (tertiary/aromatic N) is 1. The van der Waals surface area contributed by atoms with E-state index in [4.69, 9.17) is 9.47 Å². The number of aliphatic carboxylic acids is 1. The van der Waals surface area contributed by atoms with Crippen LogP contribution in [-0.2, 0) is 16.0 Å². The van der Waals surface area contributed by atoms with Crippen molar-refractivity contribution in [1.82, 2.24) is 4.90 Å². The maximum atomic E-state index is 12.5. The molecule has 2 aliphatic heterocycles. The first-order chi connectivity index (χ1) is 11.7. The SMILES string of the molecule is CC1(C)Cc2cccc(OCC(=O)N3CCCC(C)(C(=O)O)C3)c2O1. The molecule has 1 saturated heterocycles. The summed E-state index contributed by atoms with van der Waals surface area (Å²) in [6, 6.07) is 5.69. The topological polar surface area (TPSA) is 76.1 Å². The Balaban J connectivity index is 1.64. The van der Waals surface area contributed by atoms with Gasteiger partial charge in [-0.2, -0.15) is 0 Å². The highest BCUT2D eigenvalue weighted by Crippen LogP contribution is 2.41. The fourth-order valence-electron chi connectivity index (χ4n) is 3.56. The molecule has 1 aromatic carbocycles. The first kappa shape index (κ1) is 17.6. The van der Waals surface area contributed by atoms with Crippen molar-refractivity contribution in [2.24, 2.45) is 5.41 Å². The van der Waals surface area contributed by atoms with Gasteiger partial charge in [-0.25, -0.2) is 0 Å². The molecule has 1 fully saturated rings. The Labute approximate surface area is 147 Å².